The third kappa shape index (κ3) is 5.20. The first kappa shape index (κ1) is 21.4. The Labute approximate surface area is 175 Å². The standard InChI is InChI=1S/C22H26FN3O4/c1-25(13-14-30-20-8-4-3-7-17(20)23)22(28)24-18-15-16(21(27)29-2)9-10-19(18)26-11-5-6-12-26/h3-4,7-10,15H,5-6,11-14H2,1-2H3,(H,24,28). The SMILES string of the molecule is COC(=O)c1ccc(N2CCCC2)c(NC(=O)N(C)CCOc2ccccc2F)c1. The molecule has 1 N–H and O–H groups in total. The van der Waals surface area contributed by atoms with E-state index in [4.69, 9.17) is 9.47 Å². The van der Waals surface area contributed by atoms with Gasteiger partial charge in [-0.15, -0.1) is 0 Å². The van der Waals surface area contributed by atoms with Gasteiger partial charge in [0.15, 0.2) is 11.6 Å². The number of rotatable bonds is 7. The predicted octanol–water partition coefficient (Wildman–Crippen LogP) is 3.76. The van der Waals surface area contributed by atoms with Gasteiger partial charge >= 0.3 is 12.0 Å². The fraction of sp³-hybridized carbons (Fsp3) is 0.364. The molecule has 2 aromatic carbocycles. The largest absolute Gasteiger partial charge is 0.489 e. The van der Waals surface area contributed by atoms with Gasteiger partial charge in [0.2, 0.25) is 0 Å². The van der Waals surface area contributed by atoms with Crippen molar-refractivity contribution in [2.45, 2.75) is 12.8 Å². The number of methoxy groups -OCH3 is 1. The molecule has 1 aliphatic heterocycles. The van der Waals surface area contributed by atoms with Crippen molar-refractivity contribution in [3.05, 3.63) is 53.8 Å². The van der Waals surface area contributed by atoms with Crippen LogP contribution in [0.1, 0.15) is 23.2 Å². The van der Waals surface area contributed by atoms with E-state index in [1.165, 1.54) is 24.1 Å². The third-order valence-corrected chi connectivity index (χ3v) is 4.97. The summed E-state index contributed by atoms with van der Waals surface area (Å²) in [4.78, 5) is 28.2. The number of ether oxygens (including phenoxy) is 2. The first-order valence-electron chi connectivity index (χ1n) is 9.86. The Morgan fingerprint density at radius 1 is 1.17 bits per heavy atom. The van der Waals surface area contributed by atoms with Crippen LogP contribution in [0, 0.1) is 5.82 Å². The number of carbonyl (C=O) groups is 2. The Morgan fingerprint density at radius 2 is 1.90 bits per heavy atom. The molecule has 7 nitrogen and oxygen atoms in total. The fourth-order valence-corrected chi connectivity index (χ4v) is 3.28. The number of urea groups is 1. The maximum absolute atomic E-state index is 13.6. The number of likely N-dealkylation sites (N-methyl/N-ethyl adjacent to an activating group) is 1. The summed E-state index contributed by atoms with van der Waals surface area (Å²) < 4.78 is 23.8. The number of para-hydroxylation sites is 1. The highest BCUT2D eigenvalue weighted by Crippen LogP contribution is 2.30. The Hall–Kier alpha value is -3.29. The maximum atomic E-state index is 13.6. The zero-order chi connectivity index (χ0) is 21.5. The summed E-state index contributed by atoms with van der Waals surface area (Å²) in [5, 5.41) is 2.87. The monoisotopic (exact) mass is 415 g/mol. The summed E-state index contributed by atoms with van der Waals surface area (Å²) >= 11 is 0. The quantitative estimate of drug-likeness (QED) is 0.698. The van der Waals surface area contributed by atoms with Gasteiger partial charge in [-0.05, 0) is 43.2 Å². The number of nitrogens with zero attached hydrogens (tertiary/aromatic N) is 2. The lowest BCUT2D eigenvalue weighted by molar-refractivity contribution is 0.0600. The molecular weight excluding hydrogens is 389 g/mol. The second-order valence-electron chi connectivity index (χ2n) is 7.05. The molecule has 0 bridgehead atoms. The number of halogens is 1. The third-order valence-electron chi connectivity index (χ3n) is 4.97. The van der Waals surface area contributed by atoms with Crippen molar-refractivity contribution >= 4 is 23.4 Å². The number of hydrogen-bond donors (Lipinski definition) is 1. The summed E-state index contributed by atoms with van der Waals surface area (Å²) in [5.74, 6) is -0.766. The predicted molar refractivity (Wildman–Crippen MR) is 113 cm³/mol. The molecular formula is C22H26FN3O4. The van der Waals surface area contributed by atoms with Crippen molar-refractivity contribution in [3.63, 3.8) is 0 Å². The highest BCUT2D eigenvalue weighted by Gasteiger charge is 2.20. The summed E-state index contributed by atoms with van der Waals surface area (Å²) in [6.45, 7) is 2.20. The van der Waals surface area contributed by atoms with Crippen LogP contribution >= 0.6 is 0 Å². The molecule has 0 atom stereocenters. The molecule has 160 valence electrons. The van der Waals surface area contributed by atoms with Crippen LogP contribution in [0.2, 0.25) is 0 Å². The summed E-state index contributed by atoms with van der Waals surface area (Å²) in [5.41, 5.74) is 1.78. The van der Waals surface area contributed by atoms with Gasteiger partial charge in [-0.2, -0.15) is 0 Å². The van der Waals surface area contributed by atoms with Crippen molar-refractivity contribution < 1.29 is 23.5 Å². The molecule has 2 aromatic rings. The summed E-state index contributed by atoms with van der Waals surface area (Å²) in [7, 11) is 2.94. The molecule has 3 rings (SSSR count). The Kier molecular flexibility index (Phi) is 7.11. The first-order valence-corrected chi connectivity index (χ1v) is 9.86. The van der Waals surface area contributed by atoms with Crippen LogP contribution in [-0.4, -0.2) is 57.3 Å². The van der Waals surface area contributed by atoms with Crippen LogP contribution in [0.15, 0.2) is 42.5 Å². The van der Waals surface area contributed by atoms with Crippen LogP contribution in [0.5, 0.6) is 5.75 Å². The average molecular weight is 415 g/mol. The number of anilines is 2. The smallest absolute Gasteiger partial charge is 0.337 e. The van der Waals surface area contributed by atoms with Crippen LogP contribution in [0.25, 0.3) is 0 Å². The van der Waals surface area contributed by atoms with Crippen molar-refractivity contribution in [1.29, 1.82) is 0 Å². The molecule has 2 amide bonds. The second-order valence-corrected chi connectivity index (χ2v) is 7.05. The minimum Gasteiger partial charge on any atom is -0.489 e. The number of esters is 1. The highest BCUT2D eigenvalue weighted by atomic mass is 19.1. The topological polar surface area (TPSA) is 71.1 Å². The molecule has 8 heteroatoms. The van der Waals surface area contributed by atoms with Crippen LogP contribution < -0.4 is 15.0 Å². The minimum atomic E-state index is -0.467. The number of hydrogen-bond acceptors (Lipinski definition) is 5. The van der Waals surface area contributed by atoms with Gasteiger partial charge in [0.25, 0.3) is 0 Å². The number of amides is 2. The summed E-state index contributed by atoms with van der Waals surface area (Å²) in [6.07, 6.45) is 2.17. The number of benzene rings is 2. The van der Waals surface area contributed by atoms with Crippen molar-refractivity contribution in [2.75, 3.05) is 50.6 Å². The van der Waals surface area contributed by atoms with Gasteiger partial charge in [-0.25, -0.2) is 14.0 Å². The molecule has 0 aromatic heterocycles. The zero-order valence-electron chi connectivity index (χ0n) is 17.2. The lowest BCUT2D eigenvalue weighted by atomic mass is 10.1. The Bertz CT molecular complexity index is 900. The molecule has 1 aliphatic rings. The van der Waals surface area contributed by atoms with E-state index < -0.39 is 11.8 Å². The van der Waals surface area contributed by atoms with Gasteiger partial charge in [0, 0.05) is 20.1 Å². The van der Waals surface area contributed by atoms with E-state index >= 15 is 0 Å². The van der Waals surface area contributed by atoms with E-state index in [2.05, 4.69) is 10.2 Å². The van der Waals surface area contributed by atoms with E-state index in [0.717, 1.165) is 31.6 Å². The van der Waals surface area contributed by atoms with Crippen molar-refractivity contribution in [1.82, 2.24) is 4.90 Å². The first-order chi connectivity index (χ1) is 14.5. The number of nitrogens with one attached hydrogen (secondary N) is 1. The van der Waals surface area contributed by atoms with Gasteiger partial charge in [-0.3, -0.25) is 0 Å². The molecule has 0 aliphatic carbocycles. The molecule has 0 unspecified atom stereocenters. The molecule has 0 saturated carbocycles. The Morgan fingerprint density at radius 3 is 2.60 bits per heavy atom. The van der Waals surface area contributed by atoms with Crippen LogP contribution in [0.3, 0.4) is 0 Å². The fourth-order valence-electron chi connectivity index (χ4n) is 3.28. The molecule has 30 heavy (non-hydrogen) atoms. The van der Waals surface area contributed by atoms with E-state index in [9.17, 15) is 14.0 Å². The lowest BCUT2D eigenvalue weighted by Crippen LogP contribution is -2.35. The molecule has 1 saturated heterocycles. The van der Waals surface area contributed by atoms with E-state index in [-0.39, 0.29) is 24.9 Å². The van der Waals surface area contributed by atoms with Gasteiger partial charge in [0.05, 0.1) is 30.6 Å². The molecule has 0 spiro atoms. The molecule has 1 fully saturated rings. The maximum Gasteiger partial charge on any atom is 0.337 e. The van der Waals surface area contributed by atoms with E-state index in [0.29, 0.717) is 11.3 Å². The summed E-state index contributed by atoms with van der Waals surface area (Å²) in [6, 6.07) is 10.9. The van der Waals surface area contributed by atoms with Crippen LogP contribution in [0.4, 0.5) is 20.6 Å². The normalized spacial score (nSPS) is 13.1. The van der Waals surface area contributed by atoms with Gasteiger partial charge in [0.1, 0.15) is 6.61 Å². The van der Waals surface area contributed by atoms with Gasteiger partial charge in [-0.1, -0.05) is 12.1 Å². The second kappa shape index (κ2) is 9.96. The average Bonchev–Trinajstić information content (AvgIpc) is 3.29. The lowest BCUT2D eigenvalue weighted by Gasteiger charge is -2.24. The minimum absolute atomic E-state index is 0.145. The van der Waals surface area contributed by atoms with E-state index in [1.54, 1.807) is 31.3 Å². The Balaban J connectivity index is 1.66. The van der Waals surface area contributed by atoms with Crippen molar-refractivity contribution in [2.24, 2.45) is 0 Å². The molecule has 1 heterocycles. The molecule has 0 radical (unpaired) electrons. The van der Waals surface area contributed by atoms with Gasteiger partial charge < -0.3 is 24.6 Å². The van der Waals surface area contributed by atoms with Crippen molar-refractivity contribution in [3.8, 4) is 5.75 Å². The highest BCUT2D eigenvalue weighted by molar-refractivity contribution is 5.97. The van der Waals surface area contributed by atoms with E-state index in [1.807, 2.05) is 6.07 Å². The van der Waals surface area contributed by atoms with Crippen LogP contribution in [-0.2, 0) is 4.74 Å². The zero-order valence-corrected chi connectivity index (χ0v) is 17.2. The number of carbonyl (C=O) groups excluding carboxylic acids is 2.